The van der Waals surface area contributed by atoms with E-state index in [0.29, 0.717) is 23.0 Å². The van der Waals surface area contributed by atoms with Crippen molar-refractivity contribution in [3.63, 3.8) is 0 Å². The summed E-state index contributed by atoms with van der Waals surface area (Å²) in [5, 5.41) is 26.0. The van der Waals surface area contributed by atoms with Crippen LogP contribution in [0.3, 0.4) is 0 Å². The minimum absolute atomic E-state index is 0.467. The third kappa shape index (κ3) is 3.33. The molecule has 2 aromatic carbocycles. The molecule has 9 heteroatoms. The Balaban J connectivity index is 1.64. The second-order valence-electron chi connectivity index (χ2n) is 5.96. The van der Waals surface area contributed by atoms with Crippen LogP contribution in [-0.4, -0.2) is 37.1 Å². The molecule has 138 valence electrons. The molecule has 0 N–H and O–H groups in total. The minimum atomic E-state index is 0.467. The maximum atomic E-state index is 8.92. The first-order valence-electron chi connectivity index (χ1n) is 8.36. The van der Waals surface area contributed by atoms with Crippen molar-refractivity contribution >= 4 is 12.6 Å². The molecule has 0 radical (unpaired) electrons. The van der Waals surface area contributed by atoms with Gasteiger partial charge in [0, 0.05) is 0 Å². The maximum Gasteiger partial charge on any atom is 0.186 e. The van der Waals surface area contributed by atoms with Crippen molar-refractivity contribution in [1.82, 2.24) is 30.0 Å². The molecule has 0 atom stereocenters. The molecule has 0 bridgehead atoms. The summed E-state index contributed by atoms with van der Waals surface area (Å²) in [5.41, 5.74) is 3.16. The molecule has 0 saturated heterocycles. The van der Waals surface area contributed by atoms with Gasteiger partial charge < -0.3 is 4.74 Å². The number of methoxy groups -OCH3 is 1. The number of benzene rings is 2. The Morgan fingerprint density at radius 1 is 1.11 bits per heavy atom. The van der Waals surface area contributed by atoms with Crippen molar-refractivity contribution in [1.29, 1.82) is 5.26 Å². The van der Waals surface area contributed by atoms with Crippen molar-refractivity contribution < 1.29 is 4.74 Å². The van der Waals surface area contributed by atoms with Crippen molar-refractivity contribution in [2.24, 2.45) is 0 Å². The van der Waals surface area contributed by atoms with Gasteiger partial charge in [-0.3, -0.25) is 0 Å². The summed E-state index contributed by atoms with van der Waals surface area (Å²) in [4.78, 5) is 0. The number of nitriles is 1. The fraction of sp³-hybridized carbons (Fsp3) is 0.105. The summed E-state index contributed by atoms with van der Waals surface area (Å²) in [5.74, 6) is 1.33. The highest BCUT2D eigenvalue weighted by Crippen LogP contribution is 2.27. The number of thiol groups is 1. The summed E-state index contributed by atoms with van der Waals surface area (Å²) in [6.07, 6.45) is 1.69. The van der Waals surface area contributed by atoms with Gasteiger partial charge in [0.1, 0.15) is 10.8 Å². The zero-order chi connectivity index (χ0) is 19.5. The van der Waals surface area contributed by atoms with Crippen LogP contribution in [0.1, 0.15) is 11.1 Å². The van der Waals surface area contributed by atoms with Crippen molar-refractivity contribution in [2.75, 3.05) is 7.11 Å². The molecular weight excluding hydrogens is 374 g/mol. The van der Waals surface area contributed by atoms with E-state index in [1.807, 2.05) is 36.4 Å². The van der Waals surface area contributed by atoms with Crippen LogP contribution in [0.25, 0.3) is 17.1 Å². The van der Waals surface area contributed by atoms with Crippen LogP contribution < -0.4 is 4.74 Å². The SMILES string of the molecule is COc1ccc(-n2ncc(-c3nnnn3Cc3ccc(C#N)cc3)c2S)cc1. The second kappa shape index (κ2) is 7.54. The van der Waals surface area contributed by atoms with E-state index < -0.39 is 0 Å². The number of aromatic nitrogens is 6. The summed E-state index contributed by atoms with van der Waals surface area (Å²) in [6, 6.07) is 16.9. The first kappa shape index (κ1) is 17.8. The molecule has 4 aromatic rings. The maximum absolute atomic E-state index is 8.92. The van der Waals surface area contributed by atoms with Gasteiger partial charge in [-0.1, -0.05) is 12.1 Å². The molecular formula is C19H15N7OS. The average Bonchev–Trinajstić information content (AvgIpc) is 3.34. The van der Waals surface area contributed by atoms with Gasteiger partial charge in [-0.05, 0) is 52.4 Å². The summed E-state index contributed by atoms with van der Waals surface area (Å²) in [6.45, 7) is 0.467. The van der Waals surface area contributed by atoms with Gasteiger partial charge >= 0.3 is 0 Å². The summed E-state index contributed by atoms with van der Waals surface area (Å²) >= 11 is 4.63. The third-order valence-corrected chi connectivity index (χ3v) is 4.68. The van der Waals surface area contributed by atoms with E-state index in [2.05, 4.69) is 39.3 Å². The van der Waals surface area contributed by atoms with E-state index in [4.69, 9.17) is 10.00 Å². The van der Waals surface area contributed by atoms with Crippen LogP contribution >= 0.6 is 12.6 Å². The molecule has 8 nitrogen and oxygen atoms in total. The zero-order valence-corrected chi connectivity index (χ0v) is 15.8. The monoisotopic (exact) mass is 389 g/mol. The summed E-state index contributed by atoms with van der Waals surface area (Å²) in [7, 11) is 1.62. The molecule has 0 spiro atoms. The largest absolute Gasteiger partial charge is 0.497 e. The fourth-order valence-corrected chi connectivity index (χ4v) is 3.10. The van der Waals surface area contributed by atoms with Gasteiger partial charge in [0.05, 0.1) is 42.7 Å². The second-order valence-corrected chi connectivity index (χ2v) is 6.38. The topological polar surface area (TPSA) is 94.4 Å². The molecule has 0 aliphatic rings. The number of nitrogens with zero attached hydrogens (tertiary/aromatic N) is 7. The van der Waals surface area contributed by atoms with E-state index in [0.717, 1.165) is 22.6 Å². The Hall–Kier alpha value is -3.64. The van der Waals surface area contributed by atoms with Gasteiger partial charge in [-0.2, -0.15) is 10.4 Å². The lowest BCUT2D eigenvalue weighted by molar-refractivity contribution is 0.414. The lowest BCUT2D eigenvalue weighted by atomic mass is 10.1. The number of tetrazole rings is 1. The van der Waals surface area contributed by atoms with Crippen LogP contribution in [-0.2, 0) is 6.54 Å². The van der Waals surface area contributed by atoms with Crippen molar-refractivity contribution in [3.8, 4) is 28.9 Å². The molecule has 2 aromatic heterocycles. The Labute approximate surface area is 166 Å². The normalized spacial score (nSPS) is 10.6. The van der Waals surface area contributed by atoms with E-state index in [1.54, 1.807) is 34.8 Å². The molecule has 0 unspecified atom stereocenters. The standard InChI is InChI=1S/C19H15N7OS/c1-27-16-8-6-15(7-9-16)26-19(28)17(11-21-26)18-22-23-24-25(18)12-14-4-2-13(10-20)3-5-14/h2-9,11,28H,12H2,1H3. The molecule has 0 amide bonds. The number of ether oxygens (including phenoxy) is 1. The Kier molecular flexibility index (Phi) is 4.78. The quantitative estimate of drug-likeness (QED) is 0.528. The average molecular weight is 389 g/mol. The predicted octanol–water partition coefficient (Wildman–Crippen LogP) is 2.74. The molecule has 28 heavy (non-hydrogen) atoms. The molecule has 2 heterocycles. The summed E-state index contributed by atoms with van der Waals surface area (Å²) < 4.78 is 8.57. The van der Waals surface area contributed by atoms with Crippen LogP contribution in [0.15, 0.2) is 59.8 Å². The van der Waals surface area contributed by atoms with E-state index in [-0.39, 0.29) is 0 Å². The molecule has 0 aliphatic heterocycles. The first-order chi connectivity index (χ1) is 13.7. The highest BCUT2D eigenvalue weighted by Gasteiger charge is 2.17. The van der Waals surface area contributed by atoms with Crippen molar-refractivity contribution in [2.45, 2.75) is 11.6 Å². The van der Waals surface area contributed by atoms with Crippen LogP contribution in [0, 0.1) is 11.3 Å². The Morgan fingerprint density at radius 2 is 1.86 bits per heavy atom. The highest BCUT2D eigenvalue weighted by molar-refractivity contribution is 7.80. The van der Waals surface area contributed by atoms with E-state index in [9.17, 15) is 0 Å². The van der Waals surface area contributed by atoms with Gasteiger partial charge in [-0.15, -0.1) is 17.7 Å². The number of hydrogen-bond donors (Lipinski definition) is 1. The van der Waals surface area contributed by atoms with Crippen molar-refractivity contribution in [3.05, 3.63) is 65.9 Å². The van der Waals surface area contributed by atoms with Gasteiger partial charge in [0.15, 0.2) is 5.82 Å². The van der Waals surface area contributed by atoms with Gasteiger partial charge in [0.2, 0.25) is 0 Å². The van der Waals surface area contributed by atoms with E-state index >= 15 is 0 Å². The third-order valence-electron chi connectivity index (χ3n) is 4.25. The molecule has 0 saturated carbocycles. The minimum Gasteiger partial charge on any atom is -0.497 e. The lowest BCUT2D eigenvalue weighted by Gasteiger charge is -2.07. The lowest BCUT2D eigenvalue weighted by Crippen LogP contribution is -2.04. The van der Waals surface area contributed by atoms with Gasteiger partial charge in [0.25, 0.3) is 0 Å². The Morgan fingerprint density at radius 3 is 2.54 bits per heavy atom. The van der Waals surface area contributed by atoms with E-state index in [1.165, 1.54) is 0 Å². The molecule has 4 rings (SSSR count). The number of hydrogen-bond acceptors (Lipinski definition) is 7. The fourth-order valence-electron chi connectivity index (χ4n) is 2.77. The predicted molar refractivity (Wildman–Crippen MR) is 104 cm³/mol. The molecule has 0 aliphatic carbocycles. The smallest absolute Gasteiger partial charge is 0.186 e. The van der Waals surface area contributed by atoms with Crippen LogP contribution in [0.2, 0.25) is 0 Å². The zero-order valence-electron chi connectivity index (χ0n) is 14.9. The number of rotatable bonds is 5. The Bertz CT molecular complexity index is 1140. The van der Waals surface area contributed by atoms with Crippen LogP contribution in [0.5, 0.6) is 5.75 Å². The van der Waals surface area contributed by atoms with Gasteiger partial charge in [-0.25, -0.2) is 9.36 Å². The first-order valence-corrected chi connectivity index (χ1v) is 8.81. The highest BCUT2D eigenvalue weighted by atomic mass is 32.1. The van der Waals surface area contributed by atoms with Crippen LogP contribution in [0.4, 0.5) is 0 Å². The molecule has 0 fully saturated rings.